The van der Waals surface area contributed by atoms with E-state index in [1.807, 2.05) is 6.20 Å². The molecule has 3 heteroatoms. The van der Waals surface area contributed by atoms with Crippen LogP contribution in [-0.2, 0) is 6.54 Å². The normalized spacial score (nSPS) is 12.8. The van der Waals surface area contributed by atoms with Crippen molar-refractivity contribution in [3.05, 3.63) is 18.0 Å². The maximum absolute atomic E-state index is 6.25. The van der Waals surface area contributed by atoms with Gasteiger partial charge in [0, 0.05) is 18.8 Å². The molecule has 1 heterocycles. The SMILES string of the molecule is CCCCCCCCC(N)c1ccnn1CCC. The van der Waals surface area contributed by atoms with Gasteiger partial charge in [-0.25, -0.2) is 0 Å². The van der Waals surface area contributed by atoms with Crippen molar-refractivity contribution in [3.63, 3.8) is 0 Å². The molecule has 1 aromatic rings. The van der Waals surface area contributed by atoms with Gasteiger partial charge in [-0.15, -0.1) is 0 Å². The van der Waals surface area contributed by atoms with Gasteiger partial charge >= 0.3 is 0 Å². The highest BCUT2D eigenvalue weighted by Crippen LogP contribution is 2.18. The summed E-state index contributed by atoms with van der Waals surface area (Å²) in [5.74, 6) is 0. The fourth-order valence-electron chi connectivity index (χ4n) is 2.35. The third kappa shape index (κ3) is 5.21. The Kier molecular flexibility index (Phi) is 7.74. The molecule has 1 unspecified atom stereocenters. The Hall–Kier alpha value is -0.830. The smallest absolute Gasteiger partial charge is 0.0551 e. The predicted octanol–water partition coefficient (Wildman–Crippen LogP) is 4.04. The maximum atomic E-state index is 6.25. The molecule has 0 amide bonds. The molecule has 0 saturated heterocycles. The summed E-state index contributed by atoms with van der Waals surface area (Å²) in [5, 5.41) is 4.33. The first kappa shape index (κ1) is 15.2. The number of hydrogen-bond donors (Lipinski definition) is 1. The predicted molar refractivity (Wildman–Crippen MR) is 77.4 cm³/mol. The van der Waals surface area contributed by atoms with Gasteiger partial charge in [0.25, 0.3) is 0 Å². The molecule has 104 valence electrons. The minimum Gasteiger partial charge on any atom is -0.323 e. The van der Waals surface area contributed by atoms with Crippen LogP contribution in [0.2, 0.25) is 0 Å². The van der Waals surface area contributed by atoms with Gasteiger partial charge in [-0.2, -0.15) is 5.10 Å². The van der Waals surface area contributed by atoms with Crippen LogP contribution in [0.1, 0.15) is 76.9 Å². The molecule has 0 spiro atoms. The van der Waals surface area contributed by atoms with E-state index in [-0.39, 0.29) is 6.04 Å². The summed E-state index contributed by atoms with van der Waals surface area (Å²) in [6.45, 7) is 5.40. The van der Waals surface area contributed by atoms with E-state index in [0.29, 0.717) is 0 Å². The minimum atomic E-state index is 0.158. The summed E-state index contributed by atoms with van der Waals surface area (Å²) in [7, 11) is 0. The molecule has 1 aromatic heterocycles. The van der Waals surface area contributed by atoms with Gasteiger partial charge in [0.15, 0.2) is 0 Å². The van der Waals surface area contributed by atoms with Gasteiger partial charge in [-0.3, -0.25) is 4.68 Å². The Bertz CT molecular complexity index is 306. The van der Waals surface area contributed by atoms with Crippen molar-refractivity contribution < 1.29 is 0 Å². The van der Waals surface area contributed by atoms with E-state index in [2.05, 4.69) is 29.7 Å². The second-order valence-electron chi connectivity index (χ2n) is 5.14. The molecule has 0 aromatic carbocycles. The molecule has 0 aliphatic carbocycles. The molecule has 0 fully saturated rings. The van der Waals surface area contributed by atoms with Crippen LogP contribution in [0.25, 0.3) is 0 Å². The maximum Gasteiger partial charge on any atom is 0.0551 e. The summed E-state index contributed by atoms with van der Waals surface area (Å²) < 4.78 is 2.06. The first-order chi connectivity index (χ1) is 8.79. The Morgan fingerprint density at radius 2 is 1.83 bits per heavy atom. The zero-order chi connectivity index (χ0) is 13.2. The second kappa shape index (κ2) is 9.15. The number of aromatic nitrogens is 2. The third-order valence-corrected chi connectivity index (χ3v) is 3.43. The van der Waals surface area contributed by atoms with Crippen LogP contribution in [0.5, 0.6) is 0 Å². The molecule has 0 aliphatic heterocycles. The molecule has 2 N–H and O–H groups in total. The van der Waals surface area contributed by atoms with Crippen molar-refractivity contribution in [1.82, 2.24) is 9.78 Å². The fraction of sp³-hybridized carbons (Fsp3) is 0.800. The lowest BCUT2D eigenvalue weighted by Crippen LogP contribution is -2.16. The number of rotatable bonds is 10. The standard InChI is InChI=1S/C15H29N3/c1-3-5-6-7-8-9-10-14(16)15-11-12-17-18(15)13-4-2/h11-12,14H,3-10,13,16H2,1-2H3. The Morgan fingerprint density at radius 1 is 1.11 bits per heavy atom. The molecule has 3 nitrogen and oxygen atoms in total. The van der Waals surface area contributed by atoms with Gasteiger partial charge in [-0.1, -0.05) is 52.4 Å². The highest BCUT2D eigenvalue weighted by atomic mass is 15.3. The summed E-state index contributed by atoms with van der Waals surface area (Å²) >= 11 is 0. The van der Waals surface area contributed by atoms with E-state index in [4.69, 9.17) is 5.73 Å². The summed E-state index contributed by atoms with van der Waals surface area (Å²) in [6, 6.07) is 2.22. The number of aryl methyl sites for hydroxylation is 1. The number of hydrogen-bond acceptors (Lipinski definition) is 2. The molecular formula is C15H29N3. The summed E-state index contributed by atoms with van der Waals surface area (Å²) in [4.78, 5) is 0. The van der Waals surface area contributed by atoms with Gasteiger partial charge in [0.05, 0.1) is 5.69 Å². The lowest BCUT2D eigenvalue weighted by molar-refractivity contribution is 0.497. The van der Waals surface area contributed by atoms with Gasteiger partial charge < -0.3 is 5.73 Å². The van der Waals surface area contributed by atoms with Gasteiger partial charge in [0.2, 0.25) is 0 Å². The van der Waals surface area contributed by atoms with E-state index in [1.54, 1.807) is 0 Å². The lowest BCUT2D eigenvalue weighted by Gasteiger charge is -2.13. The molecule has 18 heavy (non-hydrogen) atoms. The first-order valence-electron chi connectivity index (χ1n) is 7.56. The summed E-state index contributed by atoms with van der Waals surface area (Å²) in [5.41, 5.74) is 7.45. The van der Waals surface area contributed by atoms with E-state index in [1.165, 1.54) is 44.2 Å². The van der Waals surface area contributed by atoms with Crippen LogP contribution in [0.15, 0.2) is 12.3 Å². The molecule has 0 saturated carbocycles. The van der Waals surface area contributed by atoms with E-state index in [9.17, 15) is 0 Å². The highest BCUT2D eigenvalue weighted by Gasteiger charge is 2.10. The lowest BCUT2D eigenvalue weighted by atomic mass is 10.0. The van der Waals surface area contributed by atoms with Crippen molar-refractivity contribution in [1.29, 1.82) is 0 Å². The van der Waals surface area contributed by atoms with Crippen molar-refractivity contribution in [2.24, 2.45) is 5.73 Å². The van der Waals surface area contributed by atoms with Crippen LogP contribution in [0.4, 0.5) is 0 Å². The first-order valence-corrected chi connectivity index (χ1v) is 7.56. The second-order valence-corrected chi connectivity index (χ2v) is 5.14. The number of nitrogens with zero attached hydrogens (tertiary/aromatic N) is 2. The molecule has 0 aliphatic rings. The van der Waals surface area contributed by atoms with Gasteiger partial charge in [0.1, 0.15) is 0 Å². The molecular weight excluding hydrogens is 222 g/mol. The zero-order valence-corrected chi connectivity index (χ0v) is 12.1. The Labute approximate surface area is 112 Å². The average molecular weight is 251 g/mol. The van der Waals surface area contributed by atoms with Crippen LogP contribution in [-0.4, -0.2) is 9.78 Å². The topological polar surface area (TPSA) is 43.8 Å². The highest BCUT2D eigenvalue weighted by molar-refractivity contribution is 5.06. The van der Waals surface area contributed by atoms with Crippen LogP contribution < -0.4 is 5.73 Å². The molecule has 1 atom stereocenters. The largest absolute Gasteiger partial charge is 0.323 e. The van der Waals surface area contributed by atoms with Crippen LogP contribution in [0.3, 0.4) is 0 Å². The molecule has 1 rings (SSSR count). The molecule has 0 bridgehead atoms. The quantitative estimate of drug-likeness (QED) is 0.638. The minimum absolute atomic E-state index is 0.158. The van der Waals surface area contributed by atoms with Crippen LogP contribution >= 0.6 is 0 Å². The van der Waals surface area contributed by atoms with Crippen molar-refractivity contribution in [2.45, 2.75) is 77.8 Å². The zero-order valence-electron chi connectivity index (χ0n) is 12.1. The number of nitrogens with two attached hydrogens (primary N) is 1. The monoisotopic (exact) mass is 251 g/mol. The van der Waals surface area contributed by atoms with E-state index >= 15 is 0 Å². The number of unbranched alkanes of at least 4 members (excludes halogenated alkanes) is 5. The van der Waals surface area contributed by atoms with Crippen molar-refractivity contribution in [3.8, 4) is 0 Å². The van der Waals surface area contributed by atoms with E-state index in [0.717, 1.165) is 19.4 Å². The van der Waals surface area contributed by atoms with Gasteiger partial charge in [-0.05, 0) is 18.9 Å². The summed E-state index contributed by atoms with van der Waals surface area (Å²) in [6.07, 6.45) is 12.0. The Morgan fingerprint density at radius 3 is 2.56 bits per heavy atom. The Balaban J connectivity index is 2.23. The van der Waals surface area contributed by atoms with Crippen molar-refractivity contribution >= 4 is 0 Å². The average Bonchev–Trinajstić information content (AvgIpc) is 2.82. The fourth-order valence-corrected chi connectivity index (χ4v) is 2.35. The third-order valence-electron chi connectivity index (χ3n) is 3.43. The van der Waals surface area contributed by atoms with E-state index < -0.39 is 0 Å². The van der Waals surface area contributed by atoms with Crippen LogP contribution in [0, 0.1) is 0 Å². The molecule has 0 radical (unpaired) electrons. The van der Waals surface area contributed by atoms with Crippen molar-refractivity contribution in [2.75, 3.05) is 0 Å².